The van der Waals surface area contributed by atoms with Gasteiger partial charge >= 0.3 is 0 Å². The number of thioether (sulfide) groups is 1. The van der Waals surface area contributed by atoms with E-state index < -0.39 is 0 Å². The molecule has 0 fully saturated rings. The van der Waals surface area contributed by atoms with Crippen LogP contribution in [0.4, 0.5) is 4.79 Å². The van der Waals surface area contributed by atoms with Crippen LogP contribution in [0.25, 0.3) is 22.6 Å². The molecule has 1 aromatic heterocycles. The minimum Gasteiger partial charge on any atom is -0.436 e. The third kappa shape index (κ3) is 2.69. The molecule has 6 heteroatoms. The fourth-order valence-corrected chi connectivity index (χ4v) is 3.53. The smallest absolute Gasteiger partial charge is 0.299 e. The Morgan fingerprint density at radius 3 is 2.79 bits per heavy atom. The second-order valence-electron chi connectivity index (χ2n) is 5.48. The molecule has 1 unspecified atom stereocenters. The van der Waals surface area contributed by atoms with Crippen LogP contribution in [0.1, 0.15) is 18.9 Å². The van der Waals surface area contributed by atoms with E-state index in [9.17, 15) is 4.79 Å². The molecule has 0 aliphatic carbocycles. The molecular weight excluding hydrogens is 322 g/mol. The zero-order valence-corrected chi connectivity index (χ0v) is 13.8. The molecule has 1 atom stereocenters. The van der Waals surface area contributed by atoms with Crippen molar-refractivity contribution in [2.75, 3.05) is 0 Å². The number of aromatic nitrogens is 1. The number of nitrogens with zero attached hydrogens (tertiary/aromatic N) is 2. The minimum atomic E-state index is -0.113. The van der Waals surface area contributed by atoms with E-state index in [2.05, 4.69) is 15.5 Å². The fourth-order valence-electron chi connectivity index (χ4n) is 2.70. The second-order valence-corrected chi connectivity index (χ2v) is 6.65. The Labute approximate surface area is 143 Å². The van der Waals surface area contributed by atoms with Crippen molar-refractivity contribution in [3.05, 3.63) is 54.1 Å². The van der Waals surface area contributed by atoms with Gasteiger partial charge in [0, 0.05) is 11.1 Å². The monoisotopic (exact) mass is 337 g/mol. The molecule has 0 saturated heterocycles. The first-order valence-electron chi connectivity index (χ1n) is 7.75. The van der Waals surface area contributed by atoms with Gasteiger partial charge in [0.1, 0.15) is 5.52 Å². The Morgan fingerprint density at radius 2 is 2.00 bits per heavy atom. The summed E-state index contributed by atoms with van der Waals surface area (Å²) in [5, 5.41) is 4.17. The summed E-state index contributed by atoms with van der Waals surface area (Å²) in [4.78, 5) is 16.0. The van der Waals surface area contributed by atoms with Crippen molar-refractivity contribution in [2.24, 2.45) is 5.10 Å². The molecule has 1 N–H and O–H groups in total. The Hall–Kier alpha value is -2.60. The minimum absolute atomic E-state index is 0.0488. The first-order valence-corrected chi connectivity index (χ1v) is 8.63. The molecule has 0 radical (unpaired) electrons. The number of oxazole rings is 1. The van der Waals surface area contributed by atoms with E-state index in [1.807, 2.05) is 55.5 Å². The molecule has 0 spiro atoms. The van der Waals surface area contributed by atoms with Crippen LogP contribution in [0.15, 0.2) is 58.0 Å². The van der Waals surface area contributed by atoms with Gasteiger partial charge in [0.15, 0.2) is 5.58 Å². The lowest BCUT2D eigenvalue weighted by Crippen LogP contribution is -2.31. The summed E-state index contributed by atoms with van der Waals surface area (Å²) in [6.07, 6.45) is 0.834. The number of hydrazone groups is 1. The maximum absolute atomic E-state index is 11.5. The first-order chi connectivity index (χ1) is 11.7. The average Bonchev–Trinajstić information content (AvgIpc) is 3.05. The van der Waals surface area contributed by atoms with Crippen LogP contribution >= 0.6 is 11.8 Å². The lowest BCUT2D eigenvalue weighted by molar-refractivity contribution is 0.260. The number of hydrogen-bond donors (Lipinski definition) is 1. The quantitative estimate of drug-likeness (QED) is 0.767. The number of fused-ring (bicyclic) bond motifs is 1. The van der Waals surface area contributed by atoms with Gasteiger partial charge in [-0.15, -0.1) is 0 Å². The molecule has 1 aliphatic rings. The zero-order chi connectivity index (χ0) is 16.5. The number of amides is 1. The molecule has 0 saturated carbocycles. The highest BCUT2D eigenvalue weighted by Crippen LogP contribution is 2.28. The Bertz CT molecular complexity index is 934. The van der Waals surface area contributed by atoms with Gasteiger partial charge in [-0.1, -0.05) is 43.0 Å². The molecule has 4 rings (SSSR count). The van der Waals surface area contributed by atoms with Crippen LogP contribution < -0.4 is 5.43 Å². The third-order valence-corrected chi connectivity index (χ3v) is 5.04. The Kier molecular flexibility index (Phi) is 3.82. The summed E-state index contributed by atoms with van der Waals surface area (Å²) in [7, 11) is 0. The standard InChI is InChI=1S/C18H15N3O2S/c1-2-15-16(20-21-18(22)24-15)12-8-9-13-14(10-12)23-17(19-13)11-6-4-3-5-7-11/h3-10,15H,2H2,1H3,(H,21,22). The number of rotatable bonds is 3. The van der Waals surface area contributed by atoms with Gasteiger partial charge in [-0.3, -0.25) is 4.79 Å². The summed E-state index contributed by atoms with van der Waals surface area (Å²) < 4.78 is 5.92. The molecule has 1 aliphatic heterocycles. The van der Waals surface area contributed by atoms with Gasteiger partial charge in [0.25, 0.3) is 5.24 Å². The molecule has 2 aromatic carbocycles. The van der Waals surface area contributed by atoms with Crippen LogP contribution in [0.2, 0.25) is 0 Å². The van der Waals surface area contributed by atoms with E-state index in [1.165, 1.54) is 11.8 Å². The summed E-state index contributed by atoms with van der Waals surface area (Å²) in [5.74, 6) is 0.600. The van der Waals surface area contributed by atoms with Crippen molar-refractivity contribution in [1.29, 1.82) is 0 Å². The van der Waals surface area contributed by atoms with Crippen LogP contribution in [-0.4, -0.2) is 21.2 Å². The van der Waals surface area contributed by atoms with Crippen molar-refractivity contribution in [1.82, 2.24) is 10.4 Å². The normalized spacial score (nSPS) is 17.6. The van der Waals surface area contributed by atoms with Crippen LogP contribution in [0, 0.1) is 0 Å². The molecule has 24 heavy (non-hydrogen) atoms. The molecule has 0 bridgehead atoms. The van der Waals surface area contributed by atoms with Crippen molar-refractivity contribution >= 4 is 33.8 Å². The highest BCUT2D eigenvalue weighted by atomic mass is 32.2. The second kappa shape index (κ2) is 6.13. The lowest BCUT2D eigenvalue weighted by Gasteiger charge is -2.20. The highest BCUT2D eigenvalue weighted by Gasteiger charge is 2.25. The number of hydrogen-bond acceptors (Lipinski definition) is 5. The molecule has 5 nitrogen and oxygen atoms in total. The zero-order valence-electron chi connectivity index (χ0n) is 13.0. The summed E-state index contributed by atoms with van der Waals surface area (Å²) in [5.41, 5.74) is 6.81. The van der Waals surface area contributed by atoms with Gasteiger partial charge in [-0.25, -0.2) is 10.4 Å². The van der Waals surface area contributed by atoms with Crippen molar-refractivity contribution in [3.63, 3.8) is 0 Å². The predicted octanol–water partition coefficient (Wildman–Crippen LogP) is 4.43. The predicted molar refractivity (Wildman–Crippen MR) is 96.2 cm³/mol. The lowest BCUT2D eigenvalue weighted by atomic mass is 10.1. The van der Waals surface area contributed by atoms with E-state index in [1.54, 1.807) is 0 Å². The number of carbonyl (C=O) groups excluding carboxylic acids is 1. The fraction of sp³-hybridized carbons (Fsp3) is 0.167. The topological polar surface area (TPSA) is 67.5 Å². The van der Waals surface area contributed by atoms with E-state index in [4.69, 9.17) is 4.42 Å². The molecule has 120 valence electrons. The number of carbonyl (C=O) groups is 1. The highest BCUT2D eigenvalue weighted by molar-refractivity contribution is 8.14. The molecule has 3 aromatic rings. The summed E-state index contributed by atoms with van der Waals surface area (Å²) in [6.45, 7) is 2.05. The van der Waals surface area contributed by atoms with Crippen LogP contribution in [0.5, 0.6) is 0 Å². The van der Waals surface area contributed by atoms with Gasteiger partial charge < -0.3 is 4.42 Å². The molecular formula is C18H15N3O2S. The van der Waals surface area contributed by atoms with Crippen molar-refractivity contribution < 1.29 is 9.21 Å². The molecule has 2 heterocycles. The Balaban J connectivity index is 1.75. The van der Waals surface area contributed by atoms with E-state index in [0.29, 0.717) is 11.5 Å². The van der Waals surface area contributed by atoms with Gasteiger partial charge in [-0.2, -0.15) is 5.10 Å². The van der Waals surface area contributed by atoms with Crippen LogP contribution in [0.3, 0.4) is 0 Å². The van der Waals surface area contributed by atoms with E-state index in [-0.39, 0.29) is 10.5 Å². The Morgan fingerprint density at radius 1 is 1.17 bits per heavy atom. The van der Waals surface area contributed by atoms with Crippen LogP contribution in [-0.2, 0) is 0 Å². The maximum Gasteiger partial charge on any atom is 0.299 e. The van der Waals surface area contributed by atoms with Crippen molar-refractivity contribution in [3.8, 4) is 11.5 Å². The SMILES string of the molecule is CCC1SC(=O)NN=C1c1ccc2nc(-c3ccccc3)oc2c1. The van der Waals surface area contributed by atoms with Gasteiger partial charge in [0.05, 0.1) is 11.0 Å². The average molecular weight is 337 g/mol. The number of benzene rings is 2. The maximum atomic E-state index is 11.5. The number of nitrogens with one attached hydrogen (secondary N) is 1. The molecule has 1 amide bonds. The van der Waals surface area contributed by atoms with E-state index >= 15 is 0 Å². The van der Waals surface area contributed by atoms with E-state index in [0.717, 1.165) is 28.8 Å². The first kappa shape index (κ1) is 15.0. The largest absolute Gasteiger partial charge is 0.436 e. The third-order valence-electron chi connectivity index (χ3n) is 3.90. The van der Waals surface area contributed by atoms with Gasteiger partial charge in [-0.05, 0) is 30.7 Å². The summed E-state index contributed by atoms with van der Waals surface area (Å²) >= 11 is 1.27. The van der Waals surface area contributed by atoms with Crippen molar-refractivity contribution in [2.45, 2.75) is 18.6 Å². The van der Waals surface area contributed by atoms with Gasteiger partial charge in [0.2, 0.25) is 5.89 Å². The summed E-state index contributed by atoms with van der Waals surface area (Å²) in [6, 6.07) is 15.6.